The average molecular weight is 395 g/mol. The van der Waals surface area contributed by atoms with Crippen LogP contribution < -0.4 is 5.01 Å². The lowest BCUT2D eigenvalue weighted by molar-refractivity contribution is -0.137. The quantitative estimate of drug-likeness (QED) is 0.759. The predicted octanol–water partition coefficient (Wildman–Crippen LogP) is 4.25. The normalized spacial score (nSPS) is 22.9. The maximum absolute atomic E-state index is 13.6. The minimum atomic E-state index is -4.35. The highest BCUT2D eigenvalue weighted by atomic mass is 19.4. The Hall–Kier alpha value is -1.57. The first-order valence-corrected chi connectivity index (χ1v) is 10.1. The molecule has 0 radical (unpaired) electrons. The number of likely N-dealkylation sites (N-methyl/N-ethyl adjacent to an activating group) is 1. The summed E-state index contributed by atoms with van der Waals surface area (Å²) in [5.41, 5.74) is 2.04. The summed E-state index contributed by atoms with van der Waals surface area (Å²) in [5, 5.41) is 3.87. The minimum absolute atomic E-state index is 0.121. The Morgan fingerprint density at radius 2 is 1.79 bits per heavy atom. The van der Waals surface area contributed by atoms with Crippen LogP contribution in [0.1, 0.15) is 42.7 Å². The van der Waals surface area contributed by atoms with Gasteiger partial charge in [-0.05, 0) is 74.0 Å². The van der Waals surface area contributed by atoms with Gasteiger partial charge in [0.15, 0.2) is 0 Å². The molecular weight excluding hydrogens is 367 g/mol. The molecule has 1 aromatic carbocycles. The van der Waals surface area contributed by atoms with Gasteiger partial charge in [0.2, 0.25) is 0 Å². The van der Waals surface area contributed by atoms with E-state index < -0.39 is 11.7 Å². The van der Waals surface area contributed by atoms with Crippen LogP contribution in [0.3, 0.4) is 0 Å². The average Bonchev–Trinajstić information content (AvgIpc) is 3.31. The van der Waals surface area contributed by atoms with Gasteiger partial charge in [-0.3, -0.25) is 9.91 Å². The fraction of sp³-hybridized carbons (Fsp3) is 0.619. The van der Waals surface area contributed by atoms with Crippen molar-refractivity contribution in [3.05, 3.63) is 41.1 Å². The molecule has 28 heavy (non-hydrogen) atoms. The van der Waals surface area contributed by atoms with E-state index in [9.17, 15) is 13.2 Å². The monoisotopic (exact) mass is 395 g/mol. The number of hydrogen-bond donors (Lipinski definition) is 0. The number of anilines is 1. The number of halogens is 3. The van der Waals surface area contributed by atoms with Gasteiger partial charge >= 0.3 is 6.18 Å². The molecule has 4 nitrogen and oxygen atoms in total. The molecule has 154 valence electrons. The van der Waals surface area contributed by atoms with Crippen LogP contribution in [0.25, 0.3) is 0 Å². The van der Waals surface area contributed by atoms with Crippen molar-refractivity contribution in [2.75, 3.05) is 51.4 Å². The summed E-state index contributed by atoms with van der Waals surface area (Å²) < 4.78 is 46.1. The number of ether oxygens (including phenoxy) is 1. The second-order valence-electron chi connectivity index (χ2n) is 8.13. The molecule has 2 fully saturated rings. The number of rotatable bonds is 4. The maximum atomic E-state index is 13.6. The van der Waals surface area contributed by atoms with Crippen LogP contribution in [0.2, 0.25) is 0 Å². The van der Waals surface area contributed by atoms with E-state index in [-0.39, 0.29) is 5.92 Å². The Morgan fingerprint density at radius 3 is 2.46 bits per heavy atom. The first kappa shape index (κ1) is 19.7. The summed E-state index contributed by atoms with van der Waals surface area (Å²) in [6, 6.07) is 4.52. The standard InChI is InChI=1S/C21H28F3N3O/c1-25-13-16(14-26-6-2-3-7-26)15-27(25)20-11-18(17-4-8-28-9-5-17)10-19(12-20)21(22,23)24/h10-12,15,17H,2-9,13-14H2,1H3. The van der Waals surface area contributed by atoms with Crippen molar-refractivity contribution < 1.29 is 17.9 Å². The van der Waals surface area contributed by atoms with Crippen LogP contribution in [0.5, 0.6) is 0 Å². The number of hydrazine groups is 1. The van der Waals surface area contributed by atoms with Gasteiger partial charge in [0.1, 0.15) is 0 Å². The molecule has 3 heterocycles. The first-order chi connectivity index (χ1) is 13.4. The Labute approximate surface area is 164 Å². The molecule has 2 saturated heterocycles. The largest absolute Gasteiger partial charge is 0.416 e. The lowest BCUT2D eigenvalue weighted by atomic mass is 9.90. The van der Waals surface area contributed by atoms with E-state index in [1.54, 1.807) is 0 Å². The second-order valence-corrected chi connectivity index (χ2v) is 8.13. The van der Waals surface area contributed by atoms with Crippen LogP contribution >= 0.6 is 0 Å². The third kappa shape index (κ3) is 4.36. The molecule has 1 aromatic rings. The summed E-state index contributed by atoms with van der Waals surface area (Å²) in [5.74, 6) is 0.121. The maximum Gasteiger partial charge on any atom is 0.416 e. The zero-order valence-corrected chi connectivity index (χ0v) is 16.3. The van der Waals surface area contributed by atoms with Gasteiger partial charge < -0.3 is 4.74 Å². The van der Waals surface area contributed by atoms with Gasteiger partial charge in [0.05, 0.1) is 11.3 Å². The predicted molar refractivity (Wildman–Crippen MR) is 103 cm³/mol. The Balaban J connectivity index is 1.62. The molecule has 0 N–H and O–H groups in total. The van der Waals surface area contributed by atoms with Crippen molar-refractivity contribution in [2.24, 2.45) is 0 Å². The van der Waals surface area contributed by atoms with Gasteiger partial charge in [-0.2, -0.15) is 13.2 Å². The number of nitrogens with zero attached hydrogens (tertiary/aromatic N) is 3. The highest BCUT2D eigenvalue weighted by molar-refractivity contribution is 5.55. The lowest BCUT2D eigenvalue weighted by Crippen LogP contribution is -2.32. The van der Waals surface area contributed by atoms with Gasteiger partial charge in [0, 0.05) is 39.6 Å². The summed E-state index contributed by atoms with van der Waals surface area (Å²) in [7, 11) is 1.93. The number of hydrogen-bond acceptors (Lipinski definition) is 4. The summed E-state index contributed by atoms with van der Waals surface area (Å²) in [6.07, 6.45) is 1.67. The highest BCUT2D eigenvalue weighted by Crippen LogP contribution is 2.38. The van der Waals surface area contributed by atoms with Crippen molar-refractivity contribution in [1.82, 2.24) is 9.91 Å². The van der Waals surface area contributed by atoms with E-state index in [1.807, 2.05) is 29.3 Å². The van der Waals surface area contributed by atoms with Crippen LogP contribution in [0.4, 0.5) is 18.9 Å². The van der Waals surface area contributed by atoms with Crippen molar-refractivity contribution in [1.29, 1.82) is 0 Å². The molecule has 0 spiro atoms. The van der Waals surface area contributed by atoms with Crippen LogP contribution in [-0.4, -0.2) is 56.3 Å². The Morgan fingerprint density at radius 1 is 1.07 bits per heavy atom. The van der Waals surface area contributed by atoms with E-state index in [0.29, 0.717) is 18.9 Å². The molecule has 4 rings (SSSR count). The van der Waals surface area contributed by atoms with Crippen LogP contribution in [0, 0.1) is 0 Å². The Kier molecular flexibility index (Phi) is 5.67. The highest BCUT2D eigenvalue weighted by Gasteiger charge is 2.33. The van der Waals surface area contributed by atoms with E-state index in [4.69, 9.17) is 4.74 Å². The third-order valence-electron chi connectivity index (χ3n) is 5.95. The van der Waals surface area contributed by atoms with Crippen molar-refractivity contribution in [2.45, 2.75) is 37.8 Å². The fourth-order valence-electron chi connectivity index (χ4n) is 4.47. The molecule has 0 aromatic heterocycles. The molecule has 0 bridgehead atoms. The van der Waals surface area contributed by atoms with E-state index >= 15 is 0 Å². The number of benzene rings is 1. The van der Waals surface area contributed by atoms with E-state index in [1.165, 1.54) is 30.5 Å². The molecule has 3 aliphatic rings. The minimum Gasteiger partial charge on any atom is -0.381 e. The van der Waals surface area contributed by atoms with Gasteiger partial charge in [-0.25, -0.2) is 5.01 Å². The third-order valence-corrected chi connectivity index (χ3v) is 5.95. The summed E-state index contributed by atoms with van der Waals surface area (Å²) >= 11 is 0. The molecule has 0 amide bonds. The second kappa shape index (κ2) is 8.05. The molecule has 0 aliphatic carbocycles. The van der Waals surface area contributed by atoms with E-state index in [0.717, 1.165) is 44.6 Å². The van der Waals surface area contributed by atoms with Gasteiger partial charge in [-0.1, -0.05) is 0 Å². The van der Waals surface area contributed by atoms with Crippen molar-refractivity contribution >= 4 is 5.69 Å². The topological polar surface area (TPSA) is 19.0 Å². The smallest absolute Gasteiger partial charge is 0.381 e. The SMILES string of the molecule is CN1CC(CN2CCCC2)=CN1c1cc(C2CCOCC2)cc(C(F)(F)F)c1. The van der Waals surface area contributed by atoms with Gasteiger partial charge in [0.25, 0.3) is 0 Å². The molecule has 0 atom stereocenters. The molecule has 0 unspecified atom stereocenters. The number of likely N-dealkylation sites (tertiary alicyclic amines) is 1. The zero-order valence-electron chi connectivity index (χ0n) is 16.3. The summed E-state index contributed by atoms with van der Waals surface area (Å²) in [4.78, 5) is 2.42. The van der Waals surface area contributed by atoms with Crippen molar-refractivity contribution in [3.8, 4) is 0 Å². The summed E-state index contributed by atoms with van der Waals surface area (Å²) in [6.45, 7) is 5.09. The molecular formula is C21H28F3N3O. The fourth-order valence-corrected chi connectivity index (χ4v) is 4.47. The van der Waals surface area contributed by atoms with Gasteiger partial charge in [-0.15, -0.1) is 0 Å². The molecule has 0 saturated carbocycles. The zero-order chi connectivity index (χ0) is 19.7. The first-order valence-electron chi connectivity index (χ1n) is 10.1. The van der Waals surface area contributed by atoms with Crippen molar-refractivity contribution in [3.63, 3.8) is 0 Å². The Bertz CT molecular complexity index is 722. The van der Waals surface area contributed by atoms with E-state index in [2.05, 4.69) is 4.90 Å². The van der Waals surface area contributed by atoms with Crippen LogP contribution in [-0.2, 0) is 10.9 Å². The molecule has 3 aliphatic heterocycles. The molecule has 7 heteroatoms. The lowest BCUT2D eigenvalue weighted by Gasteiger charge is -2.28. The number of alkyl halides is 3. The van der Waals surface area contributed by atoms with Crippen LogP contribution in [0.15, 0.2) is 30.0 Å².